The zero-order chi connectivity index (χ0) is 14.1. The highest BCUT2D eigenvalue weighted by molar-refractivity contribution is 7.89. The summed E-state index contributed by atoms with van der Waals surface area (Å²) in [6.45, 7) is 4.14. The van der Waals surface area contributed by atoms with Crippen LogP contribution < -0.4 is 10.5 Å². The first-order valence-corrected chi connectivity index (χ1v) is 6.87. The lowest BCUT2D eigenvalue weighted by Crippen LogP contribution is -2.35. The number of hydrogen-bond acceptors (Lipinski definition) is 4. The number of sulfonamides is 1. The number of rotatable bonds is 4. The zero-order valence-corrected chi connectivity index (χ0v) is 11.3. The van der Waals surface area contributed by atoms with Crippen LogP contribution in [0, 0.1) is 19.7 Å². The van der Waals surface area contributed by atoms with Crippen LogP contribution in [0.25, 0.3) is 0 Å². The summed E-state index contributed by atoms with van der Waals surface area (Å²) < 4.78 is 39.9. The highest BCUT2D eigenvalue weighted by Crippen LogP contribution is 2.27. The van der Waals surface area contributed by atoms with E-state index < -0.39 is 21.9 Å². The zero-order valence-electron chi connectivity index (χ0n) is 10.5. The number of aryl methyl sites for hydroxylation is 1. The Labute approximate surface area is 106 Å². The molecule has 0 unspecified atom stereocenters. The van der Waals surface area contributed by atoms with E-state index in [1.165, 1.54) is 20.8 Å². The summed E-state index contributed by atoms with van der Waals surface area (Å²) in [4.78, 5) is -0.0401. The van der Waals surface area contributed by atoms with Crippen LogP contribution in [0.1, 0.15) is 18.1 Å². The molecule has 0 saturated heterocycles. The van der Waals surface area contributed by atoms with Gasteiger partial charge in [0.25, 0.3) is 0 Å². The SMILES string of the molecule is Cc1cc(F)c(N)c(C)c1S(=O)(=O)N[C@H](C)CO. The molecule has 0 fully saturated rings. The maximum absolute atomic E-state index is 13.4. The Morgan fingerprint density at radius 1 is 1.50 bits per heavy atom. The number of anilines is 1. The van der Waals surface area contributed by atoms with E-state index in [2.05, 4.69) is 4.72 Å². The lowest BCUT2D eigenvalue weighted by Gasteiger charge is -2.16. The molecular formula is C11H17FN2O3S. The van der Waals surface area contributed by atoms with Crippen LogP contribution in [0.2, 0.25) is 0 Å². The van der Waals surface area contributed by atoms with Crippen molar-refractivity contribution in [2.24, 2.45) is 0 Å². The third kappa shape index (κ3) is 2.80. The number of halogens is 1. The van der Waals surface area contributed by atoms with Gasteiger partial charge in [0.15, 0.2) is 0 Å². The van der Waals surface area contributed by atoms with E-state index in [9.17, 15) is 12.8 Å². The molecule has 0 saturated carbocycles. The van der Waals surface area contributed by atoms with Gasteiger partial charge in [-0.3, -0.25) is 0 Å². The highest BCUT2D eigenvalue weighted by Gasteiger charge is 2.24. The first-order valence-electron chi connectivity index (χ1n) is 5.39. The van der Waals surface area contributed by atoms with Crippen LogP contribution in [0.15, 0.2) is 11.0 Å². The molecule has 0 aliphatic heterocycles. The second-order valence-corrected chi connectivity index (χ2v) is 5.90. The van der Waals surface area contributed by atoms with Crippen molar-refractivity contribution in [3.8, 4) is 0 Å². The summed E-state index contributed by atoms with van der Waals surface area (Å²) in [5, 5.41) is 8.87. The summed E-state index contributed by atoms with van der Waals surface area (Å²) in [6, 6.07) is 0.459. The van der Waals surface area contributed by atoms with Gasteiger partial charge in [-0.1, -0.05) is 0 Å². The standard InChI is InChI=1S/C11H17FN2O3S/c1-6-4-9(12)10(13)8(3)11(6)18(16,17)14-7(2)5-15/h4,7,14-15H,5,13H2,1-3H3/t7-/m1/s1. The molecule has 5 nitrogen and oxygen atoms in total. The monoisotopic (exact) mass is 276 g/mol. The van der Waals surface area contributed by atoms with Gasteiger partial charge in [0.2, 0.25) is 10.0 Å². The first-order chi connectivity index (χ1) is 8.20. The molecule has 0 bridgehead atoms. The molecule has 0 aromatic heterocycles. The van der Waals surface area contributed by atoms with Crippen LogP contribution in [0.3, 0.4) is 0 Å². The molecular weight excluding hydrogens is 259 g/mol. The molecule has 1 aromatic carbocycles. The van der Waals surface area contributed by atoms with E-state index in [1.54, 1.807) is 0 Å². The summed E-state index contributed by atoms with van der Waals surface area (Å²) >= 11 is 0. The Hall–Kier alpha value is -1.18. The Kier molecular flexibility index (Phi) is 4.31. The summed E-state index contributed by atoms with van der Waals surface area (Å²) in [7, 11) is -3.83. The average Bonchev–Trinajstić information content (AvgIpc) is 2.24. The van der Waals surface area contributed by atoms with Crippen molar-refractivity contribution in [2.45, 2.75) is 31.7 Å². The van der Waals surface area contributed by atoms with E-state index in [4.69, 9.17) is 10.8 Å². The van der Waals surface area contributed by atoms with E-state index in [0.29, 0.717) is 0 Å². The molecule has 1 aromatic rings. The fourth-order valence-corrected chi connectivity index (χ4v) is 3.42. The first kappa shape index (κ1) is 14.9. The number of nitrogens with two attached hydrogens (primary N) is 1. The third-order valence-electron chi connectivity index (χ3n) is 2.60. The van der Waals surface area contributed by atoms with Crippen LogP contribution >= 0.6 is 0 Å². The molecule has 4 N–H and O–H groups in total. The van der Waals surface area contributed by atoms with Gasteiger partial charge in [-0.25, -0.2) is 17.5 Å². The van der Waals surface area contributed by atoms with Crippen molar-refractivity contribution in [2.75, 3.05) is 12.3 Å². The quantitative estimate of drug-likeness (QED) is 0.705. The molecule has 0 spiro atoms. The van der Waals surface area contributed by atoms with Crippen molar-refractivity contribution >= 4 is 15.7 Å². The smallest absolute Gasteiger partial charge is 0.241 e. The van der Waals surface area contributed by atoms with Crippen LogP contribution in [0.4, 0.5) is 10.1 Å². The molecule has 1 rings (SSSR count). The Morgan fingerprint density at radius 3 is 2.56 bits per heavy atom. The minimum atomic E-state index is -3.83. The van der Waals surface area contributed by atoms with Crippen molar-refractivity contribution in [3.63, 3.8) is 0 Å². The predicted molar refractivity (Wildman–Crippen MR) is 67.2 cm³/mol. The minimum Gasteiger partial charge on any atom is -0.396 e. The van der Waals surface area contributed by atoms with Crippen molar-refractivity contribution in [3.05, 3.63) is 23.0 Å². The van der Waals surface area contributed by atoms with Gasteiger partial charge >= 0.3 is 0 Å². The third-order valence-corrected chi connectivity index (χ3v) is 4.48. The number of aliphatic hydroxyl groups is 1. The number of nitrogen functional groups attached to an aromatic ring is 1. The predicted octanol–water partition coefficient (Wildman–Crippen LogP) is 0.684. The number of benzene rings is 1. The average molecular weight is 276 g/mol. The maximum Gasteiger partial charge on any atom is 0.241 e. The van der Waals surface area contributed by atoms with Gasteiger partial charge in [0.05, 0.1) is 17.2 Å². The van der Waals surface area contributed by atoms with E-state index in [0.717, 1.165) is 6.07 Å². The summed E-state index contributed by atoms with van der Waals surface area (Å²) in [5.41, 5.74) is 5.76. The molecule has 0 radical (unpaired) electrons. The molecule has 0 amide bonds. The number of hydrogen-bond donors (Lipinski definition) is 3. The van der Waals surface area contributed by atoms with E-state index in [-0.39, 0.29) is 28.3 Å². The second kappa shape index (κ2) is 5.21. The van der Waals surface area contributed by atoms with Crippen LogP contribution in [-0.2, 0) is 10.0 Å². The second-order valence-electron chi connectivity index (χ2n) is 4.25. The number of nitrogens with one attached hydrogen (secondary N) is 1. The van der Waals surface area contributed by atoms with Gasteiger partial charge in [0, 0.05) is 6.04 Å². The van der Waals surface area contributed by atoms with Crippen molar-refractivity contribution < 1.29 is 17.9 Å². The molecule has 18 heavy (non-hydrogen) atoms. The van der Waals surface area contributed by atoms with Crippen LogP contribution in [0.5, 0.6) is 0 Å². The largest absolute Gasteiger partial charge is 0.396 e. The molecule has 0 heterocycles. The number of aliphatic hydroxyl groups excluding tert-OH is 1. The maximum atomic E-state index is 13.4. The molecule has 7 heteroatoms. The Bertz CT molecular complexity index is 558. The molecule has 102 valence electrons. The van der Waals surface area contributed by atoms with Gasteiger partial charge in [-0.15, -0.1) is 0 Å². The molecule has 0 aliphatic rings. The highest BCUT2D eigenvalue weighted by atomic mass is 32.2. The molecule has 1 atom stereocenters. The Morgan fingerprint density at radius 2 is 2.06 bits per heavy atom. The topological polar surface area (TPSA) is 92.4 Å². The van der Waals surface area contributed by atoms with Crippen LogP contribution in [-0.4, -0.2) is 26.2 Å². The Balaban J connectivity index is 3.38. The fraction of sp³-hybridized carbons (Fsp3) is 0.455. The lowest BCUT2D eigenvalue weighted by molar-refractivity contribution is 0.265. The normalized spacial score (nSPS) is 13.6. The molecule has 0 aliphatic carbocycles. The van der Waals surface area contributed by atoms with Crippen molar-refractivity contribution in [1.29, 1.82) is 0 Å². The van der Waals surface area contributed by atoms with Crippen molar-refractivity contribution in [1.82, 2.24) is 4.72 Å². The summed E-state index contributed by atoms with van der Waals surface area (Å²) in [6.07, 6.45) is 0. The van der Waals surface area contributed by atoms with Gasteiger partial charge in [-0.2, -0.15) is 0 Å². The van der Waals surface area contributed by atoms with Gasteiger partial charge < -0.3 is 10.8 Å². The van der Waals surface area contributed by atoms with Gasteiger partial charge in [0.1, 0.15) is 5.82 Å². The van der Waals surface area contributed by atoms with E-state index in [1.807, 2.05) is 0 Å². The minimum absolute atomic E-state index is 0.0401. The van der Waals surface area contributed by atoms with E-state index >= 15 is 0 Å². The lowest BCUT2D eigenvalue weighted by atomic mass is 10.1. The fourth-order valence-electron chi connectivity index (χ4n) is 1.71. The van der Waals surface area contributed by atoms with Gasteiger partial charge in [-0.05, 0) is 38.0 Å². The summed E-state index contributed by atoms with van der Waals surface area (Å²) in [5.74, 6) is -0.640.